The van der Waals surface area contributed by atoms with Crippen molar-refractivity contribution in [2.45, 2.75) is 0 Å². The van der Waals surface area contributed by atoms with Crippen molar-refractivity contribution in [3.63, 3.8) is 0 Å². The zero-order valence-corrected chi connectivity index (χ0v) is 11.8. The highest BCUT2D eigenvalue weighted by Gasteiger charge is 2.15. The van der Waals surface area contributed by atoms with Gasteiger partial charge in [0.05, 0.1) is 16.9 Å². The van der Waals surface area contributed by atoms with Gasteiger partial charge in [0.15, 0.2) is 0 Å². The largest absolute Gasteiger partial charge is 0.397 e. The Morgan fingerprint density at radius 2 is 2.05 bits per heavy atom. The van der Waals surface area contributed by atoms with Gasteiger partial charge in [0, 0.05) is 23.8 Å². The fourth-order valence-corrected chi connectivity index (χ4v) is 2.06. The molecule has 0 aliphatic rings. The number of anilines is 2. The van der Waals surface area contributed by atoms with Gasteiger partial charge in [-0.1, -0.05) is 15.9 Å². The highest BCUT2D eigenvalue weighted by atomic mass is 79.9. The summed E-state index contributed by atoms with van der Waals surface area (Å²) in [6, 6.07) is 8.08. The van der Waals surface area contributed by atoms with Crippen molar-refractivity contribution in [1.29, 1.82) is 0 Å². The molecule has 0 atom stereocenters. The van der Waals surface area contributed by atoms with Crippen LogP contribution in [0.4, 0.5) is 11.4 Å². The summed E-state index contributed by atoms with van der Waals surface area (Å²) in [7, 11) is 1.63. The number of rotatable bonds is 2. The van der Waals surface area contributed by atoms with Crippen LogP contribution in [0.1, 0.15) is 10.4 Å². The van der Waals surface area contributed by atoms with Crippen molar-refractivity contribution in [3.05, 3.63) is 56.9 Å². The van der Waals surface area contributed by atoms with Crippen LogP contribution >= 0.6 is 15.9 Å². The number of hydrogen-bond donors (Lipinski definition) is 2. The van der Waals surface area contributed by atoms with E-state index in [0.29, 0.717) is 16.9 Å². The highest BCUT2D eigenvalue weighted by Crippen LogP contribution is 2.26. The zero-order valence-electron chi connectivity index (χ0n) is 10.2. The van der Waals surface area contributed by atoms with Crippen LogP contribution < -0.4 is 16.2 Å². The Morgan fingerprint density at radius 3 is 2.63 bits per heavy atom. The molecule has 19 heavy (non-hydrogen) atoms. The molecule has 0 fully saturated rings. The van der Waals surface area contributed by atoms with E-state index in [9.17, 15) is 9.59 Å². The number of benzene rings is 1. The third-order valence-corrected chi connectivity index (χ3v) is 3.18. The van der Waals surface area contributed by atoms with Gasteiger partial charge in [-0.2, -0.15) is 0 Å². The van der Waals surface area contributed by atoms with Crippen molar-refractivity contribution in [2.75, 3.05) is 17.7 Å². The molecule has 2 aromatic rings. The number of nitrogens with one attached hydrogen (secondary N) is 1. The molecule has 1 aromatic carbocycles. The number of carbonyl (C=O) groups excluding carboxylic acids is 1. The van der Waals surface area contributed by atoms with E-state index in [1.54, 1.807) is 19.2 Å². The molecular formula is C13H12BrN3O2. The minimum atomic E-state index is -0.248. The molecule has 0 saturated carbocycles. The van der Waals surface area contributed by atoms with Gasteiger partial charge in [0.1, 0.15) is 0 Å². The lowest BCUT2D eigenvalue weighted by Crippen LogP contribution is -2.27. The molecule has 0 saturated heterocycles. The molecule has 0 radical (unpaired) electrons. The Bertz CT molecular complexity index is 661. The average molecular weight is 322 g/mol. The molecule has 1 heterocycles. The third-order valence-electron chi connectivity index (χ3n) is 2.69. The van der Waals surface area contributed by atoms with Gasteiger partial charge >= 0.3 is 0 Å². The smallest absolute Gasteiger partial charge is 0.259 e. The maximum atomic E-state index is 12.2. The van der Waals surface area contributed by atoms with Crippen molar-refractivity contribution in [1.82, 2.24) is 4.98 Å². The summed E-state index contributed by atoms with van der Waals surface area (Å²) in [5, 5.41) is 0. The van der Waals surface area contributed by atoms with E-state index in [0.717, 1.165) is 4.47 Å². The normalized spacial score (nSPS) is 10.2. The van der Waals surface area contributed by atoms with E-state index in [4.69, 9.17) is 5.73 Å². The Kier molecular flexibility index (Phi) is 3.71. The van der Waals surface area contributed by atoms with Crippen LogP contribution in [0.5, 0.6) is 0 Å². The molecular weight excluding hydrogens is 310 g/mol. The second-order valence-electron chi connectivity index (χ2n) is 4.01. The topological polar surface area (TPSA) is 79.2 Å². The lowest BCUT2D eigenvalue weighted by atomic mass is 10.2. The quantitative estimate of drug-likeness (QED) is 0.830. The summed E-state index contributed by atoms with van der Waals surface area (Å²) in [6.45, 7) is 0. The second-order valence-corrected chi connectivity index (χ2v) is 4.92. The summed E-state index contributed by atoms with van der Waals surface area (Å²) in [5.74, 6) is -0.245. The van der Waals surface area contributed by atoms with E-state index in [1.807, 2.05) is 6.07 Å². The summed E-state index contributed by atoms with van der Waals surface area (Å²) in [6.07, 6.45) is 1.39. The first-order valence-electron chi connectivity index (χ1n) is 5.51. The van der Waals surface area contributed by atoms with Crippen molar-refractivity contribution in [3.8, 4) is 0 Å². The Labute approximate surface area is 118 Å². The van der Waals surface area contributed by atoms with Crippen LogP contribution in [0, 0.1) is 0 Å². The number of H-pyrrole nitrogens is 1. The molecule has 2 rings (SSSR count). The number of nitrogen functional groups attached to an aromatic ring is 1. The maximum Gasteiger partial charge on any atom is 0.259 e. The van der Waals surface area contributed by atoms with Crippen molar-refractivity contribution < 1.29 is 4.79 Å². The predicted molar refractivity (Wildman–Crippen MR) is 78.4 cm³/mol. The Morgan fingerprint density at radius 1 is 1.32 bits per heavy atom. The number of aromatic nitrogens is 1. The molecule has 1 aromatic heterocycles. The van der Waals surface area contributed by atoms with E-state index in [2.05, 4.69) is 20.9 Å². The summed E-state index contributed by atoms with van der Waals surface area (Å²) in [5.41, 5.74) is 7.13. The molecule has 0 aliphatic carbocycles. The Hall–Kier alpha value is -2.08. The first kappa shape index (κ1) is 13.4. The number of halogens is 1. The van der Waals surface area contributed by atoms with Gasteiger partial charge in [-0.15, -0.1) is 0 Å². The fraction of sp³-hybridized carbons (Fsp3) is 0.0769. The molecule has 0 unspecified atom stereocenters. The van der Waals surface area contributed by atoms with Gasteiger partial charge in [-0.05, 0) is 24.3 Å². The SMILES string of the molecule is CN(C(=O)c1ccc(=O)[nH]c1)c1ccc(Br)cc1N. The summed E-state index contributed by atoms with van der Waals surface area (Å²) in [4.78, 5) is 27.1. The van der Waals surface area contributed by atoms with Crippen LogP contribution in [0.25, 0.3) is 0 Å². The fourth-order valence-electron chi connectivity index (χ4n) is 1.68. The van der Waals surface area contributed by atoms with E-state index in [-0.39, 0.29) is 11.5 Å². The van der Waals surface area contributed by atoms with Crippen LogP contribution in [0.3, 0.4) is 0 Å². The average Bonchev–Trinajstić information content (AvgIpc) is 2.38. The summed E-state index contributed by atoms with van der Waals surface area (Å²) < 4.78 is 0.846. The third kappa shape index (κ3) is 2.85. The van der Waals surface area contributed by atoms with Gasteiger partial charge in [-0.25, -0.2) is 0 Å². The number of amides is 1. The lowest BCUT2D eigenvalue weighted by Gasteiger charge is -2.19. The zero-order chi connectivity index (χ0) is 14.0. The molecule has 1 amide bonds. The van der Waals surface area contributed by atoms with Crippen molar-refractivity contribution in [2.24, 2.45) is 0 Å². The number of nitrogens with zero attached hydrogens (tertiary/aromatic N) is 1. The lowest BCUT2D eigenvalue weighted by molar-refractivity contribution is 0.0992. The predicted octanol–water partition coefficient (Wildman–Crippen LogP) is 2.00. The van der Waals surface area contributed by atoms with Gasteiger partial charge in [0.25, 0.3) is 5.91 Å². The highest BCUT2D eigenvalue weighted by molar-refractivity contribution is 9.10. The maximum absolute atomic E-state index is 12.2. The van der Waals surface area contributed by atoms with Crippen LogP contribution in [0.2, 0.25) is 0 Å². The summed E-state index contributed by atoms with van der Waals surface area (Å²) >= 11 is 3.31. The van der Waals surface area contributed by atoms with Gasteiger partial charge in [0.2, 0.25) is 5.56 Å². The first-order chi connectivity index (χ1) is 8.99. The molecule has 0 aliphatic heterocycles. The molecule has 0 spiro atoms. The Balaban J connectivity index is 2.33. The van der Waals surface area contributed by atoms with Crippen LogP contribution in [-0.4, -0.2) is 17.9 Å². The molecule has 5 nitrogen and oxygen atoms in total. The number of aromatic amines is 1. The van der Waals surface area contributed by atoms with Crippen molar-refractivity contribution >= 4 is 33.2 Å². The van der Waals surface area contributed by atoms with E-state index in [1.165, 1.54) is 23.2 Å². The van der Waals surface area contributed by atoms with Crippen LogP contribution in [0.15, 0.2) is 45.8 Å². The number of pyridine rings is 1. The minimum Gasteiger partial charge on any atom is -0.397 e. The standard InChI is InChI=1S/C13H12BrN3O2/c1-17(11-4-3-9(14)6-10(11)15)13(19)8-2-5-12(18)16-7-8/h2-7H,15H2,1H3,(H,16,18). The van der Waals surface area contributed by atoms with E-state index < -0.39 is 0 Å². The van der Waals surface area contributed by atoms with Gasteiger partial charge in [-0.3, -0.25) is 9.59 Å². The number of carbonyl (C=O) groups is 1. The molecule has 3 N–H and O–H groups in total. The van der Waals surface area contributed by atoms with E-state index >= 15 is 0 Å². The molecule has 6 heteroatoms. The number of hydrogen-bond acceptors (Lipinski definition) is 3. The number of nitrogens with two attached hydrogens (primary N) is 1. The first-order valence-corrected chi connectivity index (χ1v) is 6.30. The second kappa shape index (κ2) is 5.27. The van der Waals surface area contributed by atoms with Gasteiger partial charge < -0.3 is 15.6 Å². The molecule has 0 bridgehead atoms. The molecule has 98 valence electrons. The van der Waals surface area contributed by atoms with Crippen LogP contribution in [-0.2, 0) is 0 Å². The monoisotopic (exact) mass is 321 g/mol. The minimum absolute atomic E-state index is 0.245.